The predicted octanol–water partition coefficient (Wildman–Crippen LogP) is 3.21. The molecule has 19 heavy (non-hydrogen) atoms. The van der Waals surface area contributed by atoms with Crippen molar-refractivity contribution in [3.8, 4) is 11.3 Å². The van der Waals surface area contributed by atoms with Gasteiger partial charge in [0.2, 0.25) is 0 Å². The number of nitrogen functional groups attached to an aromatic ring is 1. The first-order valence-electron chi connectivity index (χ1n) is 6.59. The smallest absolute Gasteiger partial charge is 0.0951 e. The van der Waals surface area contributed by atoms with Crippen LogP contribution in [-0.2, 0) is 6.54 Å². The Hall–Kier alpha value is -1.84. The number of rotatable bonds is 3. The number of imidazole rings is 1. The summed E-state index contributed by atoms with van der Waals surface area (Å²) < 4.78 is 2.16. The number of nitrogens with two attached hydrogens (primary N) is 1. The molecular weight excluding hydrogens is 236 g/mol. The molecule has 2 rings (SSSR count). The SMILES string of the molecule is CC(Cn1cncc1-c1cnccc1N)C(C)(C)C. The molecule has 102 valence electrons. The monoisotopic (exact) mass is 258 g/mol. The van der Waals surface area contributed by atoms with Gasteiger partial charge in [0, 0.05) is 30.2 Å². The highest BCUT2D eigenvalue weighted by Crippen LogP contribution is 2.30. The Morgan fingerprint density at radius 1 is 1.26 bits per heavy atom. The van der Waals surface area contributed by atoms with E-state index in [0.717, 1.165) is 23.5 Å². The number of aromatic nitrogens is 3. The third-order valence-electron chi connectivity index (χ3n) is 3.79. The van der Waals surface area contributed by atoms with Crippen LogP contribution in [0.4, 0.5) is 5.69 Å². The molecule has 0 aromatic carbocycles. The summed E-state index contributed by atoms with van der Waals surface area (Å²) in [4.78, 5) is 8.40. The van der Waals surface area contributed by atoms with E-state index in [1.165, 1.54) is 0 Å². The lowest BCUT2D eigenvalue weighted by molar-refractivity contribution is 0.233. The van der Waals surface area contributed by atoms with Gasteiger partial charge >= 0.3 is 0 Å². The molecule has 1 atom stereocenters. The van der Waals surface area contributed by atoms with E-state index in [0.29, 0.717) is 5.92 Å². The average Bonchev–Trinajstić information content (AvgIpc) is 2.76. The lowest BCUT2D eigenvalue weighted by atomic mass is 9.82. The van der Waals surface area contributed by atoms with Crippen molar-refractivity contribution in [2.75, 3.05) is 5.73 Å². The summed E-state index contributed by atoms with van der Waals surface area (Å²) >= 11 is 0. The Labute approximate surface area is 114 Å². The van der Waals surface area contributed by atoms with Crippen LogP contribution in [0.3, 0.4) is 0 Å². The minimum atomic E-state index is 0.266. The molecule has 4 heteroatoms. The van der Waals surface area contributed by atoms with Crippen molar-refractivity contribution in [3.05, 3.63) is 31.0 Å². The van der Waals surface area contributed by atoms with Crippen LogP contribution in [0.15, 0.2) is 31.0 Å². The summed E-state index contributed by atoms with van der Waals surface area (Å²) in [5.41, 5.74) is 8.99. The van der Waals surface area contributed by atoms with Gasteiger partial charge in [0.1, 0.15) is 0 Å². The lowest BCUT2D eigenvalue weighted by Crippen LogP contribution is -2.22. The van der Waals surface area contributed by atoms with Crippen molar-refractivity contribution in [1.29, 1.82) is 0 Å². The molecule has 0 aliphatic carbocycles. The zero-order valence-corrected chi connectivity index (χ0v) is 12.1. The molecule has 2 aromatic heterocycles. The Balaban J connectivity index is 2.31. The molecule has 0 aliphatic rings. The highest BCUT2D eigenvalue weighted by molar-refractivity contribution is 5.72. The molecule has 0 radical (unpaired) electrons. The second-order valence-electron chi connectivity index (χ2n) is 6.16. The van der Waals surface area contributed by atoms with Crippen molar-refractivity contribution in [2.24, 2.45) is 11.3 Å². The van der Waals surface area contributed by atoms with E-state index in [-0.39, 0.29) is 5.41 Å². The van der Waals surface area contributed by atoms with Gasteiger partial charge in [0.15, 0.2) is 0 Å². The van der Waals surface area contributed by atoms with Gasteiger partial charge in [-0.1, -0.05) is 27.7 Å². The molecule has 1 unspecified atom stereocenters. The summed E-state index contributed by atoms with van der Waals surface area (Å²) in [5, 5.41) is 0. The van der Waals surface area contributed by atoms with Gasteiger partial charge in [-0.05, 0) is 17.4 Å². The lowest BCUT2D eigenvalue weighted by Gasteiger charge is -2.28. The summed E-state index contributed by atoms with van der Waals surface area (Å²) in [6.45, 7) is 9.95. The number of pyridine rings is 1. The third kappa shape index (κ3) is 2.95. The van der Waals surface area contributed by atoms with Crippen LogP contribution in [0.25, 0.3) is 11.3 Å². The number of nitrogens with zero attached hydrogens (tertiary/aromatic N) is 3. The van der Waals surface area contributed by atoms with E-state index in [1.807, 2.05) is 18.6 Å². The Morgan fingerprint density at radius 2 is 2.00 bits per heavy atom. The molecule has 4 nitrogen and oxygen atoms in total. The van der Waals surface area contributed by atoms with Crippen molar-refractivity contribution in [3.63, 3.8) is 0 Å². The third-order valence-corrected chi connectivity index (χ3v) is 3.79. The largest absolute Gasteiger partial charge is 0.398 e. The van der Waals surface area contributed by atoms with Gasteiger partial charge < -0.3 is 10.3 Å². The van der Waals surface area contributed by atoms with Crippen LogP contribution in [-0.4, -0.2) is 14.5 Å². The maximum atomic E-state index is 6.02. The van der Waals surface area contributed by atoms with Crippen LogP contribution in [0.1, 0.15) is 27.7 Å². The molecule has 0 bridgehead atoms. The molecule has 0 amide bonds. The fourth-order valence-electron chi connectivity index (χ4n) is 1.88. The molecule has 2 aromatic rings. The molecule has 2 N–H and O–H groups in total. The quantitative estimate of drug-likeness (QED) is 0.919. The fraction of sp³-hybridized carbons (Fsp3) is 0.467. The second-order valence-corrected chi connectivity index (χ2v) is 6.16. The molecule has 0 aliphatic heterocycles. The van der Waals surface area contributed by atoms with Gasteiger partial charge in [-0.15, -0.1) is 0 Å². The van der Waals surface area contributed by atoms with Gasteiger partial charge in [-0.25, -0.2) is 4.98 Å². The first-order chi connectivity index (χ1) is 8.89. The first-order valence-corrected chi connectivity index (χ1v) is 6.59. The number of anilines is 1. The van der Waals surface area contributed by atoms with Gasteiger partial charge in [0.05, 0.1) is 18.2 Å². The van der Waals surface area contributed by atoms with E-state index in [1.54, 1.807) is 12.4 Å². The van der Waals surface area contributed by atoms with E-state index in [9.17, 15) is 0 Å². The van der Waals surface area contributed by atoms with Crippen molar-refractivity contribution >= 4 is 5.69 Å². The highest BCUT2D eigenvalue weighted by Gasteiger charge is 2.21. The maximum Gasteiger partial charge on any atom is 0.0951 e. The van der Waals surface area contributed by atoms with Crippen LogP contribution in [0.5, 0.6) is 0 Å². The molecule has 0 saturated carbocycles. The Bertz CT molecular complexity index is 551. The fourth-order valence-corrected chi connectivity index (χ4v) is 1.88. The zero-order valence-electron chi connectivity index (χ0n) is 12.1. The maximum absolute atomic E-state index is 6.02. The molecule has 2 heterocycles. The summed E-state index contributed by atoms with van der Waals surface area (Å²) in [7, 11) is 0. The normalized spacial score (nSPS) is 13.5. The Morgan fingerprint density at radius 3 is 2.63 bits per heavy atom. The summed E-state index contributed by atoms with van der Waals surface area (Å²) in [6, 6.07) is 1.82. The highest BCUT2D eigenvalue weighted by atomic mass is 15.0. The molecule has 0 spiro atoms. The second kappa shape index (κ2) is 5.03. The van der Waals surface area contributed by atoms with Gasteiger partial charge in [-0.2, -0.15) is 0 Å². The van der Waals surface area contributed by atoms with Gasteiger partial charge in [0.25, 0.3) is 0 Å². The van der Waals surface area contributed by atoms with Crippen molar-refractivity contribution < 1.29 is 0 Å². The minimum absolute atomic E-state index is 0.266. The summed E-state index contributed by atoms with van der Waals surface area (Å²) in [5.74, 6) is 0.540. The van der Waals surface area contributed by atoms with E-state index < -0.39 is 0 Å². The van der Waals surface area contributed by atoms with E-state index in [4.69, 9.17) is 5.73 Å². The van der Waals surface area contributed by atoms with Crippen molar-refractivity contribution in [2.45, 2.75) is 34.2 Å². The van der Waals surface area contributed by atoms with Crippen LogP contribution in [0, 0.1) is 11.3 Å². The van der Waals surface area contributed by atoms with Gasteiger partial charge in [-0.3, -0.25) is 4.98 Å². The average molecular weight is 258 g/mol. The van der Waals surface area contributed by atoms with Crippen molar-refractivity contribution in [1.82, 2.24) is 14.5 Å². The Kier molecular flexibility index (Phi) is 3.60. The standard InChI is InChI=1S/C15H22N4/c1-11(15(2,3)4)9-19-10-18-8-14(19)12-7-17-6-5-13(12)16/h5-8,10-11H,9H2,1-4H3,(H2,16,17). The number of hydrogen-bond acceptors (Lipinski definition) is 3. The number of hydrogen-bond donors (Lipinski definition) is 1. The van der Waals surface area contributed by atoms with Crippen LogP contribution in [0.2, 0.25) is 0 Å². The predicted molar refractivity (Wildman–Crippen MR) is 78.5 cm³/mol. The van der Waals surface area contributed by atoms with E-state index in [2.05, 4.69) is 42.2 Å². The molecule has 0 saturated heterocycles. The summed E-state index contributed by atoms with van der Waals surface area (Å²) in [6.07, 6.45) is 7.22. The topological polar surface area (TPSA) is 56.7 Å². The molecule has 0 fully saturated rings. The van der Waals surface area contributed by atoms with E-state index >= 15 is 0 Å². The molecular formula is C15H22N4. The first kappa shape index (κ1) is 13.6. The zero-order chi connectivity index (χ0) is 14.0. The minimum Gasteiger partial charge on any atom is -0.398 e. The van der Waals surface area contributed by atoms with Crippen LogP contribution < -0.4 is 5.73 Å². The van der Waals surface area contributed by atoms with Crippen LogP contribution >= 0.6 is 0 Å².